The molecule has 0 aliphatic heterocycles. The maximum Gasteiger partial charge on any atom is 0.214 e. The van der Waals surface area contributed by atoms with Gasteiger partial charge in [-0.1, -0.05) is 0 Å². The van der Waals surface area contributed by atoms with Gasteiger partial charge in [0.2, 0.25) is 10.0 Å². The third kappa shape index (κ3) is 4.80. The van der Waals surface area contributed by atoms with Crippen molar-refractivity contribution in [2.24, 2.45) is 5.73 Å². The Hall–Kier alpha value is -1.47. The van der Waals surface area contributed by atoms with Gasteiger partial charge in [-0.2, -0.15) is 0 Å². The number of sulfonamides is 1. The molecule has 0 spiro atoms. The molecule has 6 nitrogen and oxygen atoms in total. The van der Waals surface area contributed by atoms with E-state index >= 15 is 0 Å². The molecule has 100 valence electrons. The molecular weight excluding hydrogens is 252 g/mol. The van der Waals surface area contributed by atoms with E-state index in [1.807, 2.05) is 0 Å². The number of pyridine rings is 1. The Morgan fingerprint density at radius 2 is 2.06 bits per heavy atom. The summed E-state index contributed by atoms with van der Waals surface area (Å²) in [6, 6.07) is 3.59. The molecule has 0 unspecified atom stereocenters. The predicted octanol–water partition coefficient (Wildman–Crippen LogP) is 0.212. The van der Waals surface area contributed by atoms with Gasteiger partial charge in [0.15, 0.2) is 0 Å². The Labute approximate surface area is 107 Å². The summed E-state index contributed by atoms with van der Waals surface area (Å²) in [6.45, 7) is 0.244. The van der Waals surface area contributed by atoms with Gasteiger partial charge in [0.25, 0.3) is 0 Å². The normalized spacial score (nSPS) is 11.7. The average molecular weight is 270 g/mol. The summed E-state index contributed by atoms with van der Waals surface area (Å²) in [5.41, 5.74) is 6.14. The number of nitrogens with two attached hydrogens (primary N) is 1. The highest BCUT2D eigenvalue weighted by Crippen LogP contribution is 2.05. The lowest BCUT2D eigenvalue weighted by atomic mass is 10.2. The molecule has 0 saturated heterocycles. The third-order valence-electron chi connectivity index (χ3n) is 2.57. The summed E-state index contributed by atoms with van der Waals surface area (Å²) in [7, 11) is -1.79. The number of aromatic nitrogens is 1. The van der Waals surface area contributed by atoms with E-state index in [1.165, 1.54) is 11.4 Å². The van der Waals surface area contributed by atoms with Gasteiger partial charge in [-0.15, -0.1) is 0 Å². The van der Waals surface area contributed by atoms with E-state index in [2.05, 4.69) is 4.98 Å². The van der Waals surface area contributed by atoms with Gasteiger partial charge < -0.3 is 5.73 Å². The van der Waals surface area contributed by atoms with Crippen LogP contribution in [0.3, 0.4) is 0 Å². The number of hydrogen-bond donors (Lipinski definition) is 2. The first-order chi connectivity index (χ1) is 8.42. The van der Waals surface area contributed by atoms with Gasteiger partial charge in [0, 0.05) is 32.4 Å². The Morgan fingerprint density at radius 3 is 2.61 bits per heavy atom. The molecule has 3 N–H and O–H groups in total. The van der Waals surface area contributed by atoms with Crippen LogP contribution in [0.1, 0.15) is 12.0 Å². The molecule has 0 aromatic carbocycles. The third-order valence-corrected chi connectivity index (χ3v) is 4.42. The quantitative estimate of drug-likeness (QED) is 0.546. The smallest absolute Gasteiger partial charge is 0.214 e. The molecular formula is C11H18N4O2S. The van der Waals surface area contributed by atoms with Crippen LogP contribution in [0.5, 0.6) is 0 Å². The lowest BCUT2D eigenvalue weighted by molar-refractivity contribution is 0.477. The fourth-order valence-corrected chi connectivity index (χ4v) is 2.54. The number of hydrogen-bond acceptors (Lipinski definition) is 4. The molecule has 7 heteroatoms. The molecule has 18 heavy (non-hydrogen) atoms. The Kier molecular flexibility index (Phi) is 5.24. The van der Waals surface area contributed by atoms with Crippen LogP contribution in [0.2, 0.25) is 0 Å². The molecule has 0 amide bonds. The molecule has 1 rings (SSSR count). The standard InChI is InChI=1S/C11H18N4O2S/c1-15(8-4-11(12)13)18(16,17)9-5-10-2-6-14-7-3-10/h2-3,6-7H,4-5,8-9H2,1H3,(H3,12,13). The van der Waals surface area contributed by atoms with Crippen LogP contribution in [-0.2, 0) is 16.4 Å². The van der Waals surface area contributed by atoms with E-state index in [-0.39, 0.29) is 24.6 Å². The first-order valence-electron chi connectivity index (χ1n) is 5.57. The van der Waals surface area contributed by atoms with Crippen LogP contribution >= 0.6 is 0 Å². The molecule has 0 bridgehead atoms. The van der Waals surface area contributed by atoms with E-state index in [0.717, 1.165) is 5.56 Å². The molecule has 0 aliphatic rings. The largest absolute Gasteiger partial charge is 0.388 e. The summed E-state index contributed by atoms with van der Waals surface area (Å²) in [4.78, 5) is 3.88. The van der Waals surface area contributed by atoms with Gasteiger partial charge in [0.1, 0.15) is 0 Å². The summed E-state index contributed by atoms with van der Waals surface area (Å²) in [6.07, 6.45) is 3.99. The maximum absolute atomic E-state index is 11.9. The lowest BCUT2D eigenvalue weighted by Crippen LogP contribution is -2.32. The van der Waals surface area contributed by atoms with E-state index in [9.17, 15) is 8.42 Å². The minimum Gasteiger partial charge on any atom is -0.388 e. The summed E-state index contributed by atoms with van der Waals surface area (Å²) in [5, 5.41) is 7.08. The minimum atomic E-state index is -3.29. The van der Waals surface area contributed by atoms with Crippen LogP contribution in [0.15, 0.2) is 24.5 Å². The molecule has 1 aromatic heterocycles. The number of aryl methyl sites for hydroxylation is 1. The van der Waals surface area contributed by atoms with Crippen molar-refractivity contribution in [3.63, 3.8) is 0 Å². The van der Waals surface area contributed by atoms with Gasteiger partial charge in [-0.25, -0.2) is 12.7 Å². The molecule has 1 heterocycles. The van der Waals surface area contributed by atoms with Crippen molar-refractivity contribution in [2.45, 2.75) is 12.8 Å². The van der Waals surface area contributed by atoms with Gasteiger partial charge in [0.05, 0.1) is 11.6 Å². The number of nitrogens with one attached hydrogen (secondary N) is 1. The number of rotatable bonds is 7. The lowest BCUT2D eigenvalue weighted by Gasteiger charge is -2.16. The molecule has 0 saturated carbocycles. The molecule has 0 aliphatic carbocycles. The minimum absolute atomic E-state index is 0.00816. The van der Waals surface area contributed by atoms with E-state index in [1.54, 1.807) is 24.5 Å². The zero-order chi connectivity index (χ0) is 13.6. The Morgan fingerprint density at radius 1 is 1.44 bits per heavy atom. The van der Waals surface area contributed by atoms with E-state index in [4.69, 9.17) is 11.1 Å². The van der Waals surface area contributed by atoms with Crippen molar-refractivity contribution in [3.05, 3.63) is 30.1 Å². The van der Waals surface area contributed by atoms with E-state index < -0.39 is 10.0 Å². The first-order valence-corrected chi connectivity index (χ1v) is 7.18. The summed E-state index contributed by atoms with van der Waals surface area (Å²) < 4.78 is 25.1. The van der Waals surface area contributed by atoms with Gasteiger partial charge in [-0.05, 0) is 24.1 Å². The monoisotopic (exact) mass is 270 g/mol. The summed E-state index contributed by atoms with van der Waals surface area (Å²) >= 11 is 0. The highest BCUT2D eigenvalue weighted by molar-refractivity contribution is 7.89. The van der Waals surface area contributed by atoms with Crippen molar-refractivity contribution in [2.75, 3.05) is 19.3 Å². The van der Waals surface area contributed by atoms with Crippen LogP contribution in [-0.4, -0.2) is 42.9 Å². The Balaban J connectivity index is 2.51. The molecule has 1 aromatic rings. The molecule has 0 fully saturated rings. The van der Waals surface area contributed by atoms with E-state index in [0.29, 0.717) is 6.42 Å². The van der Waals surface area contributed by atoms with Crippen LogP contribution < -0.4 is 5.73 Å². The van der Waals surface area contributed by atoms with Crippen molar-refractivity contribution in [1.29, 1.82) is 5.41 Å². The zero-order valence-electron chi connectivity index (χ0n) is 10.3. The van der Waals surface area contributed by atoms with Crippen LogP contribution in [0.25, 0.3) is 0 Å². The number of amidine groups is 1. The maximum atomic E-state index is 11.9. The summed E-state index contributed by atoms with van der Waals surface area (Å²) in [5.74, 6) is 0.0389. The second-order valence-corrected chi connectivity index (χ2v) is 6.21. The van der Waals surface area contributed by atoms with Crippen molar-refractivity contribution in [3.8, 4) is 0 Å². The van der Waals surface area contributed by atoms with Crippen LogP contribution in [0, 0.1) is 5.41 Å². The SMILES string of the molecule is CN(CCC(=N)N)S(=O)(=O)CCc1ccncc1. The molecule has 0 atom stereocenters. The predicted molar refractivity (Wildman–Crippen MR) is 70.9 cm³/mol. The average Bonchev–Trinajstić information content (AvgIpc) is 2.34. The first kappa shape index (κ1) is 14.6. The highest BCUT2D eigenvalue weighted by Gasteiger charge is 2.17. The number of nitrogens with zero attached hydrogens (tertiary/aromatic N) is 2. The second kappa shape index (κ2) is 6.46. The van der Waals surface area contributed by atoms with Gasteiger partial charge >= 0.3 is 0 Å². The highest BCUT2D eigenvalue weighted by atomic mass is 32.2. The second-order valence-electron chi connectivity index (χ2n) is 4.02. The topological polar surface area (TPSA) is 100 Å². The zero-order valence-corrected chi connectivity index (χ0v) is 11.2. The fraction of sp³-hybridized carbons (Fsp3) is 0.455. The van der Waals surface area contributed by atoms with Crippen molar-refractivity contribution >= 4 is 15.9 Å². The van der Waals surface area contributed by atoms with Gasteiger partial charge in [-0.3, -0.25) is 10.4 Å². The van der Waals surface area contributed by atoms with Crippen LogP contribution in [0.4, 0.5) is 0 Å². The fourth-order valence-electron chi connectivity index (χ4n) is 1.37. The van der Waals surface area contributed by atoms with Crippen molar-refractivity contribution in [1.82, 2.24) is 9.29 Å². The van der Waals surface area contributed by atoms with Crippen molar-refractivity contribution < 1.29 is 8.42 Å². The molecule has 0 radical (unpaired) electrons. The Bertz CT molecular complexity index is 487.